The predicted molar refractivity (Wildman–Crippen MR) is 74.7 cm³/mol. The minimum atomic E-state index is -1.05. The van der Waals surface area contributed by atoms with Crippen LogP contribution in [0, 0.1) is 0 Å². The van der Waals surface area contributed by atoms with E-state index in [1.165, 1.54) is 20.0 Å². The highest BCUT2D eigenvalue weighted by atomic mass is 16.5. The van der Waals surface area contributed by atoms with Gasteiger partial charge in [0, 0.05) is 39.3 Å². The molecule has 7 heteroatoms. The molecule has 1 atom stereocenters. The van der Waals surface area contributed by atoms with Crippen LogP contribution in [0.15, 0.2) is 0 Å². The number of aliphatic carboxylic acids is 1. The molecule has 1 unspecified atom stereocenters. The lowest BCUT2D eigenvalue weighted by molar-refractivity contribution is -0.139. The van der Waals surface area contributed by atoms with Crippen LogP contribution in [0.25, 0.3) is 0 Å². The standard InChI is InChI=1S/C13H25N3O4/c1-3-16(10-4-5-10)8-7-14-13(19)15-11(12(17)18)6-9-20-2/h10-11H,3-9H2,1-2H3,(H,17,18)(H2,14,15,19). The number of rotatable bonds is 10. The van der Waals surface area contributed by atoms with Crippen LogP contribution in [0.3, 0.4) is 0 Å². The number of hydrogen-bond acceptors (Lipinski definition) is 4. The lowest BCUT2D eigenvalue weighted by Crippen LogP contribution is -2.48. The van der Waals surface area contributed by atoms with Crippen molar-refractivity contribution in [1.29, 1.82) is 0 Å². The van der Waals surface area contributed by atoms with Gasteiger partial charge in [-0.3, -0.25) is 4.90 Å². The second-order valence-electron chi connectivity index (χ2n) is 4.93. The molecule has 0 spiro atoms. The van der Waals surface area contributed by atoms with Crippen LogP contribution in [0.2, 0.25) is 0 Å². The van der Waals surface area contributed by atoms with Gasteiger partial charge in [-0.15, -0.1) is 0 Å². The van der Waals surface area contributed by atoms with Gasteiger partial charge in [-0.25, -0.2) is 9.59 Å². The topological polar surface area (TPSA) is 90.9 Å². The maximum absolute atomic E-state index is 11.6. The van der Waals surface area contributed by atoms with E-state index in [9.17, 15) is 9.59 Å². The highest BCUT2D eigenvalue weighted by molar-refractivity contribution is 5.82. The zero-order chi connectivity index (χ0) is 15.0. The van der Waals surface area contributed by atoms with Gasteiger partial charge in [-0.05, 0) is 19.4 Å². The van der Waals surface area contributed by atoms with Crippen molar-refractivity contribution < 1.29 is 19.4 Å². The van der Waals surface area contributed by atoms with Crippen molar-refractivity contribution in [3.63, 3.8) is 0 Å². The Morgan fingerprint density at radius 1 is 1.45 bits per heavy atom. The van der Waals surface area contributed by atoms with E-state index < -0.39 is 18.0 Å². The van der Waals surface area contributed by atoms with Crippen molar-refractivity contribution in [2.24, 2.45) is 0 Å². The summed E-state index contributed by atoms with van der Waals surface area (Å²) in [7, 11) is 1.50. The van der Waals surface area contributed by atoms with E-state index in [0.717, 1.165) is 13.1 Å². The molecule has 116 valence electrons. The second-order valence-corrected chi connectivity index (χ2v) is 4.93. The molecule has 0 aromatic heterocycles. The largest absolute Gasteiger partial charge is 0.480 e. The Kier molecular flexibility index (Phi) is 7.32. The minimum absolute atomic E-state index is 0.252. The fraction of sp³-hybridized carbons (Fsp3) is 0.846. The smallest absolute Gasteiger partial charge is 0.326 e. The number of urea groups is 1. The number of amides is 2. The van der Waals surface area contributed by atoms with E-state index in [2.05, 4.69) is 22.5 Å². The van der Waals surface area contributed by atoms with E-state index in [-0.39, 0.29) is 6.42 Å². The Labute approximate surface area is 119 Å². The molecule has 0 heterocycles. The SMILES string of the molecule is CCN(CCNC(=O)NC(CCOC)C(=O)O)C1CC1. The van der Waals surface area contributed by atoms with Gasteiger partial charge in [0.25, 0.3) is 0 Å². The van der Waals surface area contributed by atoms with Gasteiger partial charge in [-0.2, -0.15) is 0 Å². The Bertz CT molecular complexity index is 321. The van der Waals surface area contributed by atoms with Crippen molar-refractivity contribution in [3.05, 3.63) is 0 Å². The normalized spacial score (nSPS) is 15.9. The van der Waals surface area contributed by atoms with Crippen molar-refractivity contribution in [2.75, 3.05) is 33.4 Å². The van der Waals surface area contributed by atoms with E-state index in [1.54, 1.807) is 0 Å². The number of hydrogen-bond donors (Lipinski definition) is 3. The summed E-state index contributed by atoms with van der Waals surface area (Å²) in [6.07, 6.45) is 2.72. The number of carbonyl (C=O) groups is 2. The van der Waals surface area contributed by atoms with Gasteiger partial charge >= 0.3 is 12.0 Å². The lowest BCUT2D eigenvalue weighted by atomic mass is 10.2. The average Bonchev–Trinajstić information content (AvgIpc) is 3.23. The Hall–Kier alpha value is -1.34. The molecule has 0 radical (unpaired) electrons. The van der Waals surface area contributed by atoms with Crippen molar-refractivity contribution in [3.8, 4) is 0 Å². The molecule has 0 saturated heterocycles. The maximum Gasteiger partial charge on any atom is 0.326 e. The predicted octanol–water partition coefficient (Wildman–Crippen LogP) is 0.260. The van der Waals surface area contributed by atoms with Crippen LogP contribution in [-0.2, 0) is 9.53 Å². The van der Waals surface area contributed by atoms with Gasteiger partial charge in [0.05, 0.1) is 0 Å². The van der Waals surface area contributed by atoms with Gasteiger partial charge in [0.15, 0.2) is 0 Å². The van der Waals surface area contributed by atoms with Crippen LogP contribution in [-0.4, -0.2) is 67.4 Å². The molecule has 0 bridgehead atoms. The van der Waals surface area contributed by atoms with E-state index >= 15 is 0 Å². The van der Waals surface area contributed by atoms with E-state index in [1.807, 2.05) is 0 Å². The zero-order valence-corrected chi connectivity index (χ0v) is 12.2. The molecule has 0 aromatic rings. The first kappa shape index (κ1) is 16.7. The molecule has 1 rings (SSSR count). The van der Waals surface area contributed by atoms with Gasteiger partial charge < -0.3 is 20.5 Å². The van der Waals surface area contributed by atoms with Crippen LogP contribution in [0.1, 0.15) is 26.2 Å². The molecule has 7 nitrogen and oxygen atoms in total. The lowest BCUT2D eigenvalue weighted by Gasteiger charge is -2.20. The second kappa shape index (κ2) is 8.76. The molecule has 1 saturated carbocycles. The number of nitrogens with zero attached hydrogens (tertiary/aromatic N) is 1. The third-order valence-corrected chi connectivity index (χ3v) is 3.37. The summed E-state index contributed by atoms with van der Waals surface area (Å²) in [5.74, 6) is -1.05. The molecule has 2 amide bonds. The average molecular weight is 287 g/mol. The number of ether oxygens (including phenoxy) is 1. The van der Waals surface area contributed by atoms with Crippen LogP contribution in [0.4, 0.5) is 4.79 Å². The number of carboxylic acid groups (broad SMARTS) is 1. The first-order valence-electron chi connectivity index (χ1n) is 7.08. The van der Waals surface area contributed by atoms with Gasteiger partial charge in [-0.1, -0.05) is 6.92 Å². The molecule has 0 aromatic carbocycles. The van der Waals surface area contributed by atoms with Crippen LogP contribution in [0.5, 0.6) is 0 Å². The van der Waals surface area contributed by atoms with E-state index in [4.69, 9.17) is 9.84 Å². The molecule has 1 aliphatic rings. The maximum atomic E-state index is 11.6. The van der Waals surface area contributed by atoms with Gasteiger partial charge in [0.2, 0.25) is 0 Å². The Morgan fingerprint density at radius 3 is 2.65 bits per heavy atom. The van der Waals surface area contributed by atoms with Gasteiger partial charge in [0.1, 0.15) is 6.04 Å². The Balaban J connectivity index is 2.21. The Morgan fingerprint density at radius 2 is 2.15 bits per heavy atom. The van der Waals surface area contributed by atoms with Crippen LogP contribution >= 0.6 is 0 Å². The molecular weight excluding hydrogens is 262 g/mol. The van der Waals surface area contributed by atoms with E-state index in [0.29, 0.717) is 19.2 Å². The fourth-order valence-corrected chi connectivity index (χ4v) is 2.05. The number of carboxylic acids is 1. The van der Waals surface area contributed by atoms with Crippen LogP contribution < -0.4 is 10.6 Å². The molecule has 1 aliphatic carbocycles. The van der Waals surface area contributed by atoms with Crippen molar-refractivity contribution in [1.82, 2.24) is 15.5 Å². The summed E-state index contributed by atoms with van der Waals surface area (Å²) in [6, 6.07) is -0.695. The number of carbonyl (C=O) groups excluding carboxylic acids is 1. The summed E-state index contributed by atoms with van der Waals surface area (Å²) >= 11 is 0. The third-order valence-electron chi connectivity index (χ3n) is 3.37. The molecule has 20 heavy (non-hydrogen) atoms. The first-order valence-corrected chi connectivity index (χ1v) is 7.08. The zero-order valence-electron chi connectivity index (χ0n) is 12.2. The molecular formula is C13H25N3O4. The molecule has 1 fully saturated rings. The molecule has 0 aliphatic heterocycles. The monoisotopic (exact) mass is 287 g/mol. The highest BCUT2D eigenvalue weighted by Gasteiger charge is 2.27. The first-order chi connectivity index (χ1) is 9.58. The third kappa shape index (κ3) is 6.21. The summed E-state index contributed by atoms with van der Waals surface area (Å²) in [5.41, 5.74) is 0. The summed E-state index contributed by atoms with van der Waals surface area (Å²) in [4.78, 5) is 24.9. The molecule has 3 N–H and O–H groups in total. The highest BCUT2D eigenvalue weighted by Crippen LogP contribution is 2.25. The summed E-state index contributed by atoms with van der Waals surface area (Å²) in [6.45, 7) is 4.68. The number of methoxy groups -OCH3 is 1. The minimum Gasteiger partial charge on any atom is -0.480 e. The van der Waals surface area contributed by atoms with Crippen molar-refractivity contribution >= 4 is 12.0 Å². The quantitative estimate of drug-likeness (QED) is 0.536. The number of nitrogens with one attached hydrogen (secondary N) is 2. The number of likely N-dealkylation sites (N-methyl/N-ethyl adjacent to an activating group) is 1. The summed E-state index contributed by atoms with van der Waals surface area (Å²) < 4.78 is 4.82. The summed E-state index contributed by atoms with van der Waals surface area (Å²) in [5, 5.41) is 14.1. The van der Waals surface area contributed by atoms with Crippen molar-refractivity contribution in [2.45, 2.75) is 38.3 Å². The fourth-order valence-electron chi connectivity index (χ4n) is 2.05.